The van der Waals surface area contributed by atoms with Crippen molar-refractivity contribution in [2.24, 2.45) is 0 Å². The molecule has 106 valence electrons. The molecule has 0 spiro atoms. The number of carbonyl (C=O) groups is 1. The van der Waals surface area contributed by atoms with Gasteiger partial charge in [-0.25, -0.2) is 0 Å². The van der Waals surface area contributed by atoms with Crippen molar-refractivity contribution in [3.8, 4) is 5.75 Å². The van der Waals surface area contributed by atoms with E-state index in [0.29, 0.717) is 4.91 Å². The van der Waals surface area contributed by atoms with Crippen molar-refractivity contribution in [1.82, 2.24) is 0 Å². The van der Waals surface area contributed by atoms with E-state index in [-0.39, 0.29) is 5.91 Å². The number of anilines is 1. The molecule has 1 amide bonds. The summed E-state index contributed by atoms with van der Waals surface area (Å²) in [5.41, 5.74) is 1.81. The Labute approximate surface area is 135 Å². The van der Waals surface area contributed by atoms with Gasteiger partial charge in [-0.15, -0.1) is 0 Å². The summed E-state index contributed by atoms with van der Waals surface area (Å²) in [6.07, 6.45) is 1.88. The number of fused-ring (bicyclic) bond motifs is 1. The summed E-state index contributed by atoms with van der Waals surface area (Å²) in [6.45, 7) is 0. The zero-order chi connectivity index (χ0) is 14.8. The second kappa shape index (κ2) is 5.95. The van der Waals surface area contributed by atoms with Gasteiger partial charge in [0.25, 0.3) is 5.91 Å². The van der Waals surface area contributed by atoms with Crippen LogP contribution in [0.2, 0.25) is 0 Å². The number of thioether (sulfide) groups is 1. The van der Waals surface area contributed by atoms with Gasteiger partial charge in [0.05, 0.1) is 22.2 Å². The van der Waals surface area contributed by atoms with Crippen LogP contribution in [-0.2, 0) is 4.79 Å². The Balaban J connectivity index is 1.93. The minimum Gasteiger partial charge on any atom is -0.496 e. The van der Waals surface area contributed by atoms with Crippen molar-refractivity contribution in [1.29, 1.82) is 0 Å². The number of para-hydroxylation sites is 1. The molecule has 3 rings (SSSR count). The lowest BCUT2D eigenvalue weighted by molar-refractivity contribution is -0.112. The SMILES string of the molecule is COc1ccc(C=C2Sc3ccccc3NC2=O)cc1Br. The Kier molecular flexibility index (Phi) is 4.03. The molecule has 21 heavy (non-hydrogen) atoms. The zero-order valence-corrected chi connectivity index (χ0v) is 13.6. The minimum atomic E-state index is -0.0781. The summed E-state index contributed by atoms with van der Waals surface area (Å²) in [6, 6.07) is 13.5. The Hall–Kier alpha value is -1.72. The van der Waals surface area contributed by atoms with Crippen LogP contribution in [0.3, 0.4) is 0 Å². The van der Waals surface area contributed by atoms with Crippen molar-refractivity contribution in [3.05, 3.63) is 57.4 Å². The van der Waals surface area contributed by atoms with E-state index in [1.54, 1.807) is 7.11 Å². The number of ether oxygens (including phenoxy) is 1. The maximum atomic E-state index is 12.1. The average molecular weight is 362 g/mol. The van der Waals surface area contributed by atoms with Gasteiger partial charge in [-0.1, -0.05) is 30.0 Å². The molecular formula is C16H12BrNO2S. The number of benzene rings is 2. The first-order chi connectivity index (χ1) is 10.2. The topological polar surface area (TPSA) is 38.3 Å². The van der Waals surface area contributed by atoms with E-state index in [9.17, 15) is 4.79 Å². The zero-order valence-electron chi connectivity index (χ0n) is 11.2. The maximum absolute atomic E-state index is 12.1. The molecule has 0 saturated heterocycles. The van der Waals surface area contributed by atoms with Gasteiger partial charge in [0.2, 0.25) is 0 Å². The lowest BCUT2D eigenvalue weighted by Crippen LogP contribution is -2.17. The van der Waals surface area contributed by atoms with E-state index in [2.05, 4.69) is 21.2 Å². The normalized spacial score (nSPS) is 15.5. The minimum absolute atomic E-state index is 0.0781. The first-order valence-corrected chi connectivity index (χ1v) is 7.92. The Morgan fingerprint density at radius 2 is 2.05 bits per heavy atom. The molecule has 1 heterocycles. The van der Waals surface area contributed by atoms with E-state index in [0.717, 1.165) is 26.4 Å². The van der Waals surface area contributed by atoms with Crippen LogP contribution < -0.4 is 10.1 Å². The van der Waals surface area contributed by atoms with E-state index in [4.69, 9.17) is 4.74 Å². The van der Waals surface area contributed by atoms with Gasteiger partial charge in [-0.2, -0.15) is 0 Å². The van der Waals surface area contributed by atoms with Crippen molar-refractivity contribution in [2.45, 2.75) is 4.90 Å². The largest absolute Gasteiger partial charge is 0.496 e. The number of hydrogen-bond donors (Lipinski definition) is 1. The van der Waals surface area contributed by atoms with Gasteiger partial charge in [0.15, 0.2) is 0 Å². The molecule has 5 heteroatoms. The average Bonchev–Trinajstić information content (AvgIpc) is 2.48. The van der Waals surface area contributed by atoms with Crippen LogP contribution in [0.5, 0.6) is 5.75 Å². The first-order valence-electron chi connectivity index (χ1n) is 6.31. The fourth-order valence-corrected chi connectivity index (χ4v) is 3.54. The van der Waals surface area contributed by atoms with Crippen LogP contribution in [0.4, 0.5) is 5.69 Å². The number of carbonyl (C=O) groups excluding carboxylic acids is 1. The van der Waals surface area contributed by atoms with E-state index in [1.807, 2.05) is 48.5 Å². The predicted molar refractivity (Wildman–Crippen MR) is 89.6 cm³/mol. The van der Waals surface area contributed by atoms with E-state index < -0.39 is 0 Å². The van der Waals surface area contributed by atoms with Gasteiger partial charge in [0.1, 0.15) is 5.75 Å². The van der Waals surface area contributed by atoms with Crippen molar-refractivity contribution < 1.29 is 9.53 Å². The lowest BCUT2D eigenvalue weighted by atomic mass is 10.2. The molecule has 1 aliphatic heterocycles. The highest BCUT2D eigenvalue weighted by Crippen LogP contribution is 2.39. The molecule has 2 aromatic carbocycles. The quantitative estimate of drug-likeness (QED) is 0.797. The molecule has 0 unspecified atom stereocenters. The van der Waals surface area contributed by atoms with Crippen molar-refractivity contribution in [3.63, 3.8) is 0 Å². The van der Waals surface area contributed by atoms with Gasteiger partial charge < -0.3 is 10.1 Å². The molecule has 0 aliphatic carbocycles. The number of rotatable bonds is 2. The monoisotopic (exact) mass is 361 g/mol. The number of hydrogen-bond acceptors (Lipinski definition) is 3. The summed E-state index contributed by atoms with van der Waals surface area (Å²) in [7, 11) is 1.62. The highest BCUT2D eigenvalue weighted by molar-refractivity contribution is 9.10. The second-order valence-electron chi connectivity index (χ2n) is 4.45. The molecule has 3 nitrogen and oxygen atoms in total. The third-order valence-electron chi connectivity index (χ3n) is 3.05. The molecular weight excluding hydrogens is 350 g/mol. The summed E-state index contributed by atoms with van der Waals surface area (Å²) in [5, 5.41) is 2.90. The Morgan fingerprint density at radius 3 is 2.81 bits per heavy atom. The Bertz CT molecular complexity index is 743. The molecule has 0 fully saturated rings. The smallest absolute Gasteiger partial charge is 0.262 e. The van der Waals surface area contributed by atoms with E-state index in [1.165, 1.54) is 11.8 Å². The fraction of sp³-hybridized carbons (Fsp3) is 0.0625. The maximum Gasteiger partial charge on any atom is 0.262 e. The van der Waals surface area contributed by atoms with Crippen molar-refractivity contribution >= 4 is 45.4 Å². The summed E-state index contributed by atoms with van der Waals surface area (Å²) in [4.78, 5) is 13.9. The second-order valence-corrected chi connectivity index (χ2v) is 6.39. The van der Waals surface area contributed by atoms with Gasteiger partial charge >= 0.3 is 0 Å². The highest BCUT2D eigenvalue weighted by Gasteiger charge is 2.20. The van der Waals surface area contributed by atoms with E-state index >= 15 is 0 Å². The molecule has 2 aromatic rings. The van der Waals surface area contributed by atoms with Crippen LogP contribution in [0.25, 0.3) is 6.08 Å². The Morgan fingerprint density at radius 1 is 1.24 bits per heavy atom. The summed E-state index contributed by atoms with van der Waals surface area (Å²) in [5.74, 6) is 0.689. The van der Waals surface area contributed by atoms with Crippen LogP contribution >= 0.6 is 27.7 Å². The number of halogens is 1. The molecule has 0 bridgehead atoms. The van der Waals surface area contributed by atoms with Gasteiger partial charge in [-0.3, -0.25) is 4.79 Å². The molecule has 0 aromatic heterocycles. The molecule has 1 N–H and O–H groups in total. The number of amides is 1. The first kappa shape index (κ1) is 14.2. The molecule has 0 atom stereocenters. The highest BCUT2D eigenvalue weighted by atomic mass is 79.9. The van der Waals surface area contributed by atoms with Crippen LogP contribution in [-0.4, -0.2) is 13.0 Å². The number of nitrogens with one attached hydrogen (secondary N) is 1. The van der Waals surface area contributed by atoms with Crippen LogP contribution in [0, 0.1) is 0 Å². The molecule has 1 aliphatic rings. The number of methoxy groups -OCH3 is 1. The standard InChI is InChI=1S/C16H12BrNO2S/c1-20-13-7-6-10(8-11(13)17)9-15-16(19)18-12-4-2-3-5-14(12)21-15/h2-9H,1H3,(H,18,19). The van der Waals surface area contributed by atoms with Gasteiger partial charge in [0, 0.05) is 4.90 Å². The predicted octanol–water partition coefficient (Wildman–Crippen LogP) is 4.54. The molecule has 0 saturated carbocycles. The van der Waals surface area contributed by atoms with Gasteiger partial charge in [-0.05, 0) is 51.8 Å². The third-order valence-corrected chi connectivity index (χ3v) is 4.77. The van der Waals surface area contributed by atoms with Crippen LogP contribution in [0.1, 0.15) is 5.56 Å². The third kappa shape index (κ3) is 2.99. The lowest BCUT2D eigenvalue weighted by Gasteiger charge is -2.18. The summed E-state index contributed by atoms with van der Waals surface area (Å²) < 4.78 is 6.07. The van der Waals surface area contributed by atoms with Crippen molar-refractivity contribution in [2.75, 3.05) is 12.4 Å². The molecule has 0 radical (unpaired) electrons. The fourth-order valence-electron chi connectivity index (χ4n) is 2.03. The summed E-state index contributed by atoms with van der Waals surface area (Å²) >= 11 is 4.93. The van der Waals surface area contributed by atoms with Crippen LogP contribution in [0.15, 0.2) is 56.7 Å².